The molecule has 0 unspecified atom stereocenters. The molecule has 1 aromatic carbocycles. The Labute approximate surface area is 102 Å². The van der Waals surface area contributed by atoms with Crippen LogP contribution >= 0.6 is 0 Å². The lowest BCUT2D eigenvalue weighted by atomic mass is 10.1. The standard InChI is InChI=1S/C13H13F3N2/c14-13(15,16)12-10(7-17-8-5-6-8)9-3-1-2-4-11(9)18-12/h1-4,8,17-18H,5-7H2. The number of H-pyrrole nitrogens is 1. The van der Waals surface area contributed by atoms with Crippen molar-refractivity contribution in [1.29, 1.82) is 0 Å². The molecular weight excluding hydrogens is 241 g/mol. The zero-order valence-corrected chi connectivity index (χ0v) is 9.64. The molecule has 2 N–H and O–H groups in total. The average Bonchev–Trinajstić information content (AvgIpc) is 3.05. The highest BCUT2D eigenvalue weighted by Gasteiger charge is 2.36. The van der Waals surface area contributed by atoms with Crippen LogP contribution in [0.5, 0.6) is 0 Å². The summed E-state index contributed by atoms with van der Waals surface area (Å²) in [6.45, 7) is 0.267. The number of rotatable bonds is 3. The first-order chi connectivity index (χ1) is 8.55. The molecule has 18 heavy (non-hydrogen) atoms. The minimum Gasteiger partial charge on any atom is -0.351 e. The Balaban J connectivity index is 2.04. The van der Waals surface area contributed by atoms with Crippen LogP contribution in [-0.2, 0) is 12.7 Å². The van der Waals surface area contributed by atoms with Crippen molar-refractivity contribution in [1.82, 2.24) is 10.3 Å². The van der Waals surface area contributed by atoms with Gasteiger partial charge in [-0.15, -0.1) is 0 Å². The largest absolute Gasteiger partial charge is 0.431 e. The van der Waals surface area contributed by atoms with Crippen LogP contribution in [0.1, 0.15) is 24.1 Å². The molecule has 3 rings (SSSR count). The lowest BCUT2D eigenvalue weighted by molar-refractivity contribution is -0.141. The van der Waals surface area contributed by atoms with Gasteiger partial charge in [0.1, 0.15) is 5.69 Å². The molecule has 0 saturated heterocycles. The van der Waals surface area contributed by atoms with Crippen molar-refractivity contribution in [3.63, 3.8) is 0 Å². The Morgan fingerprint density at radius 1 is 1.22 bits per heavy atom. The number of hydrogen-bond donors (Lipinski definition) is 2. The topological polar surface area (TPSA) is 27.8 Å². The van der Waals surface area contributed by atoms with Crippen LogP contribution in [-0.4, -0.2) is 11.0 Å². The average molecular weight is 254 g/mol. The molecule has 0 spiro atoms. The Hall–Kier alpha value is -1.49. The van der Waals surface area contributed by atoms with Gasteiger partial charge in [-0.2, -0.15) is 13.2 Å². The van der Waals surface area contributed by atoms with Crippen LogP contribution in [0.3, 0.4) is 0 Å². The molecular formula is C13H13F3N2. The molecule has 1 heterocycles. The smallest absolute Gasteiger partial charge is 0.351 e. The minimum atomic E-state index is -4.33. The molecule has 0 atom stereocenters. The summed E-state index contributed by atoms with van der Waals surface area (Å²) < 4.78 is 38.9. The molecule has 1 saturated carbocycles. The summed E-state index contributed by atoms with van der Waals surface area (Å²) >= 11 is 0. The molecule has 1 aromatic heterocycles. The van der Waals surface area contributed by atoms with E-state index in [4.69, 9.17) is 0 Å². The van der Waals surface area contributed by atoms with E-state index in [0.717, 1.165) is 12.8 Å². The number of aromatic amines is 1. The van der Waals surface area contributed by atoms with Crippen molar-refractivity contribution in [2.45, 2.75) is 31.6 Å². The van der Waals surface area contributed by atoms with Gasteiger partial charge in [-0.1, -0.05) is 18.2 Å². The molecule has 0 radical (unpaired) electrons. The second-order valence-corrected chi connectivity index (χ2v) is 4.68. The van der Waals surface area contributed by atoms with E-state index >= 15 is 0 Å². The lowest BCUT2D eigenvalue weighted by Crippen LogP contribution is -2.18. The molecule has 96 valence electrons. The minimum absolute atomic E-state index is 0.267. The zero-order valence-electron chi connectivity index (χ0n) is 9.64. The number of aromatic nitrogens is 1. The summed E-state index contributed by atoms with van der Waals surface area (Å²) in [5.41, 5.74) is 0.235. The third kappa shape index (κ3) is 2.10. The van der Waals surface area contributed by atoms with Crippen molar-refractivity contribution in [3.8, 4) is 0 Å². The SMILES string of the molecule is FC(F)(F)c1[nH]c2ccccc2c1CNC1CC1. The third-order valence-electron chi connectivity index (χ3n) is 3.24. The van der Waals surface area contributed by atoms with Gasteiger partial charge in [-0.05, 0) is 18.9 Å². The van der Waals surface area contributed by atoms with Crippen molar-refractivity contribution in [2.75, 3.05) is 0 Å². The van der Waals surface area contributed by atoms with Crippen LogP contribution in [0.25, 0.3) is 10.9 Å². The number of fused-ring (bicyclic) bond motifs is 1. The second-order valence-electron chi connectivity index (χ2n) is 4.68. The van der Waals surface area contributed by atoms with E-state index in [2.05, 4.69) is 10.3 Å². The van der Waals surface area contributed by atoms with E-state index < -0.39 is 11.9 Å². The van der Waals surface area contributed by atoms with Crippen molar-refractivity contribution < 1.29 is 13.2 Å². The summed E-state index contributed by atoms with van der Waals surface area (Å²) in [5, 5.41) is 3.79. The van der Waals surface area contributed by atoms with Gasteiger partial charge in [-0.3, -0.25) is 0 Å². The first kappa shape index (κ1) is 11.6. The molecule has 1 aliphatic carbocycles. The predicted octanol–water partition coefficient (Wildman–Crippen LogP) is 3.44. The van der Waals surface area contributed by atoms with Gasteiger partial charge < -0.3 is 10.3 Å². The van der Waals surface area contributed by atoms with Gasteiger partial charge in [0.25, 0.3) is 0 Å². The highest BCUT2D eigenvalue weighted by molar-refractivity contribution is 5.84. The summed E-state index contributed by atoms with van der Waals surface area (Å²) in [6.07, 6.45) is -2.22. The maximum Gasteiger partial charge on any atom is 0.431 e. The molecule has 2 aromatic rings. The lowest BCUT2D eigenvalue weighted by Gasteiger charge is -2.09. The quantitative estimate of drug-likeness (QED) is 0.862. The molecule has 1 aliphatic rings. The van der Waals surface area contributed by atoms with Gasteiger partial charge in [0, 0.05) is 29.1 Å². The van der Waals surface area contributed by atoms with E-state index in [-0.39, 0.29) is 6.54 Å². The van der Waals surface area contributed by atoms with Crippen LogP contribution in [0.4, 0.5) is 13.2 Å². The van der Waals surface area contributed by atoms with Crippen molar-refractivity contribution in [2.24, 2.45) is 0 Å². The summed E-state index contributed by atoms with van der Waals surface area (Å²) in [5.74, 6) is 0. The monoisotopic (exact) mass is 254 g/mol. The fourth-order valence-electron chi connectivity index (χ4n) is 2.16. The number of para-hydroxylation sites is 1. The fourth-order valence-corrected chi connectivity index (χ4v) is 2.16. The molecule has 0 amide bonds. The first-order valence-electron chi connectivity index (χ1n) is 5.96. The number of halogens is 3. The second kappa shape index (κ2) is 4.02. The summed E-state index contributed by atoms with van der Waals surface area (Å²) in [7, 11) is 0. The number of hydrogen-bond acceptors (Lipinski definition) is 1. The Morgan fingerprint density at radius 3 is 2.61 bits per heavy atom. The highest BCUT2D eigenvalue weighted by atomic mass is 19.4. The Morgan fingerprint density at radius 2 is 1.94 bits per heavy atom. The van der Waals surface area contributed by atoms with Gasteiger partial charge in [0.2, 0.25) is 0 Å². The van der Waals surface area contributed by atoms with Gasteiger partial charge in [0.15, 0.2) is 0 Å². The van der Waals surface area contributed by atoms with E-state index in [0.29, 0.717) is 22.5 Å². The van der Waals surface area contributed by atoms with Crippen molar-refractivity contribution >= 4 is 10.9 Å². The zero-order chi connectivity index (χ0) is 12.8. The molecule has 1 fully saturated rings. The van der Waals surface area contributed by atoms with Crippen LogP contribution < -0.4 is 5.32 Å². The maximum absolute atomic E-state index is 13.0. The van der Waals surface area contributed by atoms with Gasteiger partial charge >= 0.3 is 6.18 Å². The summed E-state index contributed by atoms with van der Waals surface area (Å²) in [6, 6.07) is 7.28. The van der Waals surface area contributed by atoms with Crippen LogP contribution in [0, 0.1) is 0 Å². The molecule has 5 heteroatoms. The highest BCUT2D eigenvalue weighted by Crippen LogP contribution is 2.35. The van der Waals surface area contributed by atoms with Crippen LogP contribution in [0.15, 0.2) is 24.3 Å². The fraction of sp³-hybridized carbons (Fsp3) is 0.385. The number of alkyl halides is 3. The van der Waals surface area contributed by atoms with E-state index in [1.807, 2.05) is 0 Å². The first-order valence-corrected chi connectivity index (χ1v) is 5.96. The maximum atomic E-state index is 13.0. The molecule has 0 aliphatic heterocycles. The normalized spacial score (nSPS) is 16.4. The molecule has 0 bridgehead atoms. The Bertz CT molecular complexity index is 567. The number of nitrogens with one attached hydrogen (secondary N) is 2. The Kier molecular flexibility index (Phi) is 2.59. The number of benzene rings is 1. The van der Waals surface area contributed by atoms with E-state index in [1.54, 1.807) is 24.3 Å². The van der Waals surface area contributed by atoms with E-state index in [9.17, 15) is 13.2 Å². The third-order valence-corrected chi connectivity index (χ3v) is 3.24. The predicted molar refractivity (Wildman–Crippen MR) is 63.2 cm³/mol. The van der Waals surface area contributed by atoms with Crippen molar-refractivity contribution in [3.05, 3.63) is 35.5 Å². The van der Waals surface area contributed by atoms with Gasteiger partial charge in [-0.25, -0.2) is 0 Å². The summed E-state index contributed by atoms with van der Waals surface area (Å²) in [4.78, 5) is 2.48. The van der Waals surface area contributed by atoms with Gasteiger partial charge in [0.05, 0.1) is 0 Å². The molecule has 2 nitrogen and oxygen atoms in total. The van der Waals surface area contributed by atoms with E-state index in [1.165, 1.54) is 0 Å². The van der Waals surface area contributed by atoms with Crippen LogP contribution in [0.2, 0.25) is 0 Å².